The fraction of sp³-hybridized carbons (Fsp3) is 0.125. The van der Waals surface area contributed by atoms with E-state index in [2.05, 4.69) is 4.98 Å². The van der Waals surface area contributed by atoms with Crippen LogP contribution in [0.1, 0.15) is 0 Å². The summed E-state index contributed by atoms with van der Waals surface area (Å²) in [4.78, 5) is 4.14. The fourth-order valence-electron chi connectivity index (χ4n) is 1.12. The van der Waals surface area contributed by atoms with Crippen LogP contribution in [-0.2, 0) is 7.05 Å². The Balaban J connectivity index is 2.87. The molecule has 2 nitrogen and oxygen atoms in total. The van der Waals surface area contributed by atoms with Crippen LogP contribution in [0.2, 0.25) is 10.0 Å². The van der Waals surface area contributed by atoms with Gasteiger partial charge in [0.05, 0.1) is 27.4 Å². The standard InChI is InChI=1S/C8H6Cl2N2/c1-12-4-11-7-2-5(9)6(10)3-8(7)12/h2-4H,1H3. The van der Waals surface area contributed by atoms with Crippen LogP contribution in [0.3, 0.4) is 0 Å². The third-order valence-corrected chi connectivity index (χ3v) is 2.49. The lowest BCUT2D eigenvalue weighted by molar-refractivity contribution is 0.948. The zero-order valence-electron chi connectivity index (χ0n) is 6.38. The number of rotatable bonds is 0. The van der Waals surface area contributed by atoms with Crippen molar-refractivity contribution in [3.63, 3.8) is 0 Å². The molecular weight excluding hydrogens is 195 g/mol. The van der Waals surface area contributed by atoms with E-state index in [0.29, 0.717) is 10.0 Å². The Morgan fingerprint density at radius 2 is 1.92 bits per heavy atom. The van der Waals surface area contributed by atoms with Crippen molar-refractivity contribution in [3.8, 4) is 0 Å². The SMILES string of the molecule is Cn1cnc2cc(Cl)c(Cl)cc21. The lowest BCUT2D eigenvalue weighted by Gasteiger charge is -1.96. The Labute approximate surface area is 79.7 Å². The fourth-order valence-corrected chi connectivity index (χ4v) is 1.44. The first-order chi connectivity index (χ1) is 5.68. The van der Waals surface area contributed by atoms with Crippen molar-refractivity contribution >= 4 is 34.2 Å². The van der Waals surface area contributed by atoms with Crippen molar-refractivity contribution in [1.29, 1.82) is 0 Å². The van der Waals surface area contributed by atoms with E-state index >= 15 is 0 Å². The molecule has 0 aliphatic rings. The molecular formula is C8H6Cl2N2. The molecule has 62 valence electrons. The van der Waals surface area contributed by atoms with Crippen molar-refractivity contribution in [1.82, 2.24) is 9.55 Å². The summed E-state index contributed by atoms with van der Waals surface area (Å²) in [5, 5.41) is 1.11. The normalized spacial score (nSPS) is 10.9. The van der Waals surface area contributed by atoms with Gasteiger partial charge in [-0.05, 0) is 12.1 Å². The maximum absolute atomic E-state index is 5.84. The number of benzene rings is 1. The minimum absolute atomic E-state index is 0.544. The highest BCUT2D eigenvalue weighted by molar-refractivity contribution is 6.42. The maximum Gasteiger partial charge on any atom is 0.0955 e. The summed E-state index contributed by atoms with van der Waals surface area (Å²) >= 11 is 11.7. The summed E-state index contributed by atoms with van der Waals surface area (Å²) in [7, 11) is 1.92. The predicted octanol–water partition coefficient (Wildman–Crippen LogP) is 2.88. The number of fused-ring (bicyclic) bond motifs is 1. The number of imidazole rings is 1. The van der Waals surface area contributed by atoms with E-state index in [1.807, 2.05) is 17.7 Å². The zero-order valence-corrected chi connectivity index (χ0v) is 7.89. The number of hydrogen-bond acceptors (Lipinski definition) is 1. The topological polar surface area (TPSA) is 17.8 Å². The van der Waals surface area contributed by atoms with Crippen LogP contribution < -0.4 is 0 Å². The monoisotopic (exact) mass is 200 g/mol. The first kappa shape index (κ1) is 7.90. The van der Waals surface area contributed by atoms with Gasteiger partial charge in [0.2, 0.25) is 0 Å². The van der Waals surface area contributed by atoms with Crippen LogP contribution in [0.25, 0.3) is 11.0 Å². The van der Waals surface area contributed by atoms with E-state index in [-0.39, 0.29) is 0 Å². The molecule has 0 spiro atoms. The second kappa shape index (κ2) is 2.64. The molecule has 4 heteroatoms. The molecule has 0 amide bonds. The second-order valence-corrected chi connectivity index (χ2v) is 3.42. The van der Waals surface area contributed by atoms with E-state index < -0.39 is 0 Å². The highest BCUT2D eigenvalue weighted by Crippen LogP contribution is 2.26. The third-order valence-electron chi connectivity index (χ3n) is 1.77. The van der Waals surface area contributed by atoms with Crippen LogP contribution in [-0.4, -0.2) is 9.55 Å². The average Bonchev–Trinajstić information content (AvgIpc) is 2.35. The van der Waals surface area contributed by atoms with Gasteiger partial charge >= 0.3 is 0 Å². The van der Waals surface area contributed by atoms with E-state index in [4.69, 9.17) is 23.2 Å². The van der Waals surface area contributed by atoms with Gasteiger partial charge in [0.15, 0.2) is 0 Å². The number of aryl methyl sites for hydroxylation is 1. The molecule has 0 bridgehead atoms. The quantitative estimate of drug-likeness (QED) is 0.640. The first-order valence-electron chi connectivity index (χ1n) is 3.44. The molecule has 2 aromatic rings. The number of hydrogen-bond donors (Lipinski definition) is 0. The van der Waals surface area contributed by atoms with Crippen LogP contribution in [0.15, 0.2) is 18.5 Å². The van der Waals surface area contributed by atoms with Gasteiger partial charge in [-0.25, -0.2) is 4.98 Å². The van der Waals surface area contributed by atoms with Crippen LogP contribution in [0.5, 0.6) is 0 Å². The van der Waals surface area contributed by atoms with Crippen molar-refractivity contribution in [2.24, 2.45) is 7.05 Å². The minimum atomic E-state index is 0.544. The molecule has 0 N–H and O–H groups in total. The predicted molar refractivity (Wildman–Crippen MR) is 50.7 cm³/mol. The molecule has 0 aliphatic carbocycles. The highest BCUT2D eigenvalue weighted by atomic mass is 35.5. The van der Waals surface area contributed by atoms with Gasteiger partial charge in [-0.1, -0.05) is 23.2 Å². The zero-order chi connectivity index (χ0) is 8.72. The van der Waals surface area contributed by atoms with Gasteiger partial charge in [-0.15, -0.1) is 0 Å². The average molecular weight is 201 g/mol. The Hall–Kier alpha value is -0.730. The first-order valence-corrected chi connectivity index (χ1v) is 4.20. The largest absolute Gasteiger partial charge is 0.334 e. The van der Waals surface area contributed by atoms with Crippen molar-refractivity contribution in [3.05, 3.63) is 28.5 Å². The van der Waals surface area contributed by atoms with Gasteiger partial charge in [0.1, 0.15) is 0 Å². The maximum atomic E-state index is 5.84. The van der Waals surface area contributed by atoms with E-state index in [0.717, 1.165) is 11.0 Å². The van der Waals surface area contributed by atoms with Crippen molar-refractivity contribution in [2.45, 2.75) is 0 Å². The molecule has 12 heavy (non-hydrogen) atoms. The van der Waals surface area contributed by atoms with E-state index in [9.17, 15) is 0 Å². The number of halogens is 2. The Morgan fingerprint density at radius 3 is 2.67 bits per heavy atom. The molecule has 1 heterocycles. The van der Waals surface area contributed by atoms with Crippen LogP contribution >= 0.6 is 23.2 Å². The second-order valence-electron chi connectivity index (χ2n) is 2.61. The van der Waals surface area contributed by atoms with Crippen LogP contribution in [0.4, 0.5) is 0 Å². The van der Waals surface area contributed by atoms with Gasteiger partial charge in [0, 0.05) is 7.05 Å². The summed E-state index contributed by atoms with van der Waals surface area (Å²) < 4.78 is 1.90. The van der Waals surface area contributed by atoms with E-state index in [1.165, 1.54) is 0 Å². The summed E-state index contributed by atoms with van der Waals surface area (Å²) in [6.45, 7) is 0. The van der Waals surface area contributed by atoms with Gasteiger partial charge in [-0.3, -0.25) is 0 Å². The van der Waals surface area contributed by atoms with Crippen LogP contribution in [0, 0.1) is 0 Å². The molecule has 2 rings (SSSR count). The molecule has 0 saturated carbocycles. The Bertz CT molecular complexity index is 434. The molecule has 0 fully saturated rings. The molecule has 0 unspecified atom stereocenters. The van der Waals surface area contributed by atoms with E-state index in [1.54, 1.807) is 12.4 Å². The summed E-state index contributed by atoms with van der Waals surface area (Å²) in [5.74, 6) is 0. The lowest BCUT2D eigenvalue weighted by atomic mass is 10.3. The summed E-state index contributed by atoms with van der Waals surface area (Å²) in [5.41, 5.74) is 1.86. The van der Waals surface area contributed by atoms with Gasteiger partial charge < -0.3 is 4.57 Å². The number of aromatic nitrogens is 2. The van der Waals surface area contributed by atoms with Crippen molar-refractivity contribution in [2.75, 3.05) is 0 Å². The number of nitrogens with zero attached hydrogens (tertiary/aromatic N) is 2. The minimum Gasteiger partial charge on any atom is -0.334 e. The Kier molecular flexibility index (Phi) is 1.74. The highest BCUT2D eigenvalue weighted by Gasteiger charge is 2.03. The van der Waals surface area contributed by atoms with Gasteiger partial charge in [0.25, 0.3) is 0 Å². The third kappa shape index (κ3) is 1.08. The molecule has 0 atom stereocenters. The molecule has 0 aliphatic heterocycles. The smallest absolute Gasteiger partial charge is 0.0955 e. The lowest BCUT2D eigenvalue weighted by Crippen LogP contribution is -1.83. The van der Waals surface area contributed by atoms with Crippen molar-refractivity contribution < 1.29 is 0 Å². The Morgan fingerprint density at radius 1 is 1.25 bits per heavy atom. The molecule has 0 radical (unpaired) electrons. The summed E-state index contributed by atoms with van der Waals surface area (Å²) in [6.07, 6.45) is 1.73. The van der Waals surface area contributed by atoms with Gasteiger partial charge in [-0.2, -0.15) is 0 Å². The molecule has 1 aromatic heterocycles. The molecule has 0 saturated heterocycles. The summed E-state index contributed by atoms with van der Waals surface area (Å²) in [6, 6.07) is 3.57. The molecule has 1 aromatic carbocycles.